The Bertz CT molecular complexity index is 379. The van der Waals surface area contributed by atoms with Crippen molar-refractivity contribution in [3.63, 3.8) is 0 Å². The van der Waals surface area contributed by atoms with Crippen LogP contribution >= 0.6 is 0 Å². The van der Waals surface area contributed by atoms with Gasteiger partial charge in [0.25, 0.3) is 5.91 Å². The first-order chi connectivity index (χ1) is 6.63. The predicted octanol–water partition coefficient (Wildman–Crippen LogP) is 1.02. The zero-order valence-electron chi connectivity index (χ0n) is 7.95. The number of nitrogens with one attached hydrogen (secondary N) is 1. The van der Waals surface area contributed by atoms with Gasteiger partial charge >= 0.3 is 0 Å². The van der Waals surface area contributed by atoms with Crippen molar-refractivity contribution >= 4 is 11.6 Å². The summed E-state index contributed by atoms with van der Waals surface area (Å²) in [6, 6.07) is 6.48. The van der Waals surface area contributed by atoms with E-state index in [4.69, 9.17) is 12.2 Å². The number of hydrogen-bond acceptors (Lipinski definition) is 2. The molecule has 0 saturated carbocycles. The Kier molecular flexibility index (Phi) is 3.14. The van der Waals surface area contributed by atoms with Crippen LogP contribution in [0.3, 0.4) is 0 Å². The fourth-order valence-corrected chi connectivity index (χ4v) is 1.00. The fraction of sp³-hybridized carbons (Fsp3) is 0.182. The van der Waals surface area contributed by atoms with E-state index < -0.39 is 0 Å². The molecule has 1 aromatic rings. The molecule has 0 aromatic heterocycles. The molecule has 0 aliphatic heterocycles. The van der Waals surface area contributed by atoms with Crippen LogP contribution in [-0.4, -0.2) is 11.9 Å². The lowest BCUT2D eigenvalue weighted by molar-refractivity contribution is 0.0948. The number of nitrogen functional groups attached to an aromatic ring is 1. The van der Waals surface area contributed by atoms with Crippen molar-refractivity contribution in [2.24, 2.45) is 0 Å². The Hall–Kier alpha value is -1.95. The van der Waals surface area contributed by atoms with Gasteiger partial charge in [-0.05, 0) is 25.1 Å². The highest BCUT2D eigenvalue weighted by atomic mass is 16.1. The number of anilines is 1. The molecule has 0 saturated heterocycles. The molecule has 1 aromatic carbocycles. The van der Waals surface area contributed by atoms with Crippen LogP contribution in [0.2, 0.25) is 0 Å². The molecular formula is C11H12N2O. The molecule has 0 aliphatic rings. The van der Waals surface area contributed by atoms with Crippen molar-refractivity contribution in [3.05, 3.63) is 29.8 Å². The molecule has 3 heteroatoms. The van der Waals surface area contributed by atoms with E-state index in [1.54, 1.807) is 31.2 Å². The second kappa shape index (κ2) is 4.33. The number of benzene rings is 1. The third-order valence-electron chi connectivity index (χ3n) is 1.75. The van der Waals surface area contributed by atoms with Crippen LogP contribution in [0.15, 0.2) is 24.3 Å². The average molecular weight is 188 g/mol. The highest BCUT2D eigenvalue weighted by Crippen LogP contribution is 2.06. The molecule has 0 fully saturated rings. The first kappa shape index (κ1) is 10.1. The second-order valence-electron chi connectivity index (χ2n) is 2.99. The van der Waals surface area contributed by atoms with E-state index in [0.717, 1.165) is 0 Å². The van der Waals surface area contributed by atoms with E-state index in [9.17, 15) is 4.79 Å². The van der Waals surface area contributed by atoms with Crippen molar-refractivity contribution in [1.82, 2.24) is 5.32 Å². The second-order valence-corrected chi connectivity index (χ2v) is 2.99. The number of carbonyl (C=O) groups is 1. The normalized spacial score (nSPS) is 11.4. The summed E-state index contributed by atoms with van der Waals surface area (Å²) >= 11 is 0. The highest BCUT2D eigenvalue weighted by Gasteiger charge is 2.07. The van der Waals surface area contributed by atoms with Crippen LogP contribution < -0.4 is 11.1 Å². The first-order valence-electron chi connectivity index (χ1n) is 4.26. The maximum atomic E-state index is 11.5. The van der Waals surface area contributed by atoms with E-state index in [1.165, 1.54) is 0 Å². The van der Waals surface area contributed by atoms with Gasteiger partial charge in [0, 0.05) is 11.3 Å². The van der Waals surface area contributed by atoms with Crippen molar-refractivity contribution < 1.29 is 4.79 Å². The minimum Gasteiger partial charge on any atom is -0.399 e. The smallest absolute Gasteiger partial charge is 0.252 e. The third kappa shape index (κ3) is 2.53. The maximum Gasteiger partial charge on any atom is 0.252 e. The van der Waals surface area contributed by atoms with Gasteiger partial charge in [-0.25, -0.2) is 0 Å². The Morgan fingerprint density at radius 2 is 2.36 bits per heavy atom. The predicted molar refractivity (Wildman–Crippen MR) is 56.6 cm³/mol. The first-order valence-corrected chi connectivity index (χ1v) is 4.26. The summed E-state index contributed by atoms with van der Waals surface area (Å²) in [6.45, 7) is 1.74. The van der Waals surface area contributed by atoms with Crippen molar-refractivity contribution in [2.45, 2.75) is 13.0 Å². The molecule has 0 bridgehead atoms. The van der Waals surface area contributed by atoms with Crippen LogP contribution in [0.1, 0.15) is 17.3 Å². The van der Waals surface area contributed by atoms with Crippen LogP contribution in [0, 0.1) is 12.3 Å². The van der Waals surface area contributed by atoms with Gasteiger partial charge in [0.15, 0.2) is 0 Å². The Labute approximate surface area is 83.3 Å². The molecule has 0 aliphatic carbocycles. The van der Waals surface area contributed by atoms with Gasteiger partial charge in [0.1, 0.15) is 0 Å². The molecule has 3 N–H and O–H groups in total. The molecule has 0 spiro atoms. The van der Waals surface area contributed by atoms with E-state index in [0.29, 0.717) is 11.3 Å². The minimum absolute atomic E-state index is 0.206. The number of carbonyl (C=O) groups excluding carboxylic acids is 1. The molecule has 1 atom stereocenters. The van der Waals surface area contributed by atoms with Crippen molar-refractivity contribution in [3.8, 4) is 12.3 Å². The zero-order chi connectivity index (χ0) is 10.6. The zero-order valence-corrected chi connectivity index (χ0v) is 7.95. The van der Waals surface area contributed by atoms with Crippen molar-refractivity contribution in [2.75, 3.05) is 5.73 Å². The van der Waals surface area contributed by atoms with E-state index in [-0.39, 0.29) is 11.9 Å². The number of terminal acetylenes is 1. The van der Waals surface area contributed by atoms with Crippen LogP contribution in [0.5, 0.6) is 0 Å². The third-order valence-corrected chi connectivity index (χ3v) is 1.75. The van der Waals surface area contributed by atoms with E-state index in [1.807, 2.05) is 0 Å². The van der Waals surface area contributed by atoms with Gasteiger partial charge in [-0.2, -0.15) is 0 Å². The van der Waals surface area contributed by atoms with Gasteiger partial charge < -0.3 is 11.1 Å². The van der Waals surface area contributed by atoms with E-state index in [2.05, 4.69) is 11.2 Å². The summed E-state index contributed by atoms with van der Waals surface area (Å²) in [5.74, 6) is 2.21. The summed E-state index contributed by atoms with van der Waals surface area (Å²) in [7, 11) is 0. The minimum atomic E-state index is -0.274. The fourth-order valence-electron chi connectivity index (χ4n) is 1.00. The summed E-state index contributed by atoms with van der Waals surface area (Å²) < 4.78 is 0. The summed E-state index contributed by atoms with van der Waals surface area (Å²) in [6.07, 6.45) is 5.14. The van der Waals surface area contributed by atoms with Crippen LogP contribution in [-0.2, 0) is 0 Å². The van der Waals surface area contributed by atoms with Gasteiger partial charge in [-0.3, -0.25) is 4.79 Å². The van der Waals surface area contributed by atoms with Gasteiger partial charge in [0.2, 0.25) is 0 Å². The molecule has 0 heterocycles. The largest absolute Gasteiger partial charge is 0.399 e. The van der Waals surface area contributed by atoms with Gasteiger partial charge in [-0.15, -0.1) is 6.42 Å². The van der Waals surface area contributed by atoms with Gasteiger partial charge in [0.05, 0.1) is 6.04 Å². The van der Waals surface area contributed by atoms with Crippen LogP contribution in [0.4, 0.5) is 5.69 Å². The Morgan fingerprint density at radius 3 is 2.93 bits per heavy atom. The Morgan fingerprint density at radius 1 is 1.64 bits per heavy atom. The quantitative estimate of drug-likeness (QED) is 0.537. The number of hydrogen-bond donors (Lipinski definition) is 2. The molecule has 0 radical (unpaired) electrons. The van der Waals surface area contributed by atoms with Gasteiger partial charge in [-0.1, -0.05) is 12.0 Å². The van der Waals surface area contributed by atoms with Crippen molar-refractivity contribution in [1.29, 1.82) is 0 Å². The van der Waals surface area contributed by atoms with E-state index >= 15 is 0 Å². The lowest BCUT2D eigenvalue weighted by Crippen LogP contribution is -2.31. The summed E-state index contributed by atoms with van der Waals surface area (Å²) in [4.78, 5) is 11.5. The highest BCUT2D eigenvalue weighted by molar-refractivity contribution is 5.95. The molecule has 1 rings (SSSR count). The molecule has 14 heavy (non-hydrogen) atoms. The lowest BCUT2D eigenvalue weighted by atomic mass is 10.2. The average Bonchev–Trinajstić information content (AvgIpc) is 2.17. The van der Waals surface area contributed by atoms with Crippen LogP contribution in [0.25, 0.3) is 0 Å². The maximum absolute atomic E-state index is 11.5. The molecular weight excluding hydrogens is 176 g/mol. The SMILES string of the molecule is C#CC(C)NC(=O)c1cccc(N)c1. The number of rotatable bonds is 2. The summed E-state index contributed by atoms with van der Waals surface area (Å²) in [5.41, 5.74) is 6.62. The standard InChI is InChI=1S/C11H12N2O/c1-3-8(2)13-11(14)9-5-4-6-10(12)7-9/h1,4-8H,12H2,2H3,(H,13,14). The molecule has 1 amide bonds. The lowest BCUT2D eigenvalue weighted by Gasteiger charge is -2.07. The number of amides is 1. The number of nitrogens with two attached hydrogens (primary N) is 1. The molecule has 72 valence electrons. The summed E-state index contributed by atoms with van der Waals surface area (Å²) in [5, 5.41) is 2.64. The molecule has 1 unspecified atom stereocenters. The Balaban J connectivity index is 2.76. The molecule has 3 nitrogen and oxygen atoms in total. The monoisotopic (exact) mass is 188 g/mol. The topological polar surface area (TPSA) is 55.1 Å².